The summed E-state index contributed by atoms with van der Waals surface area (Å²) in [5, 5.41) is 7.46. The monoisotopic (exact) mass is 368 g/mol. The summed E-state index contributed by atoms with van der Waals surface area (Å²) < 4.78 is 5.27. The maximum atomic E-state index is 12.4. The number of aromatic amines is 1. The minimum Gasteiger partial charge on any atom is -0.461 e. The molecule has 26 heavy (non-hydrogen) atoms. The van der Waals surface area contributed by atoms with Crippen LogP contribution in [0, 0.1) is 0 Å². The molecule has 1 N–H and O–H groups in total. The van der Waals surface area contributed by atoms with Gasteiger partial charge in [0, 0.05) is 13.1 Å². The Bertz CT molecular complexity index is 844. The number of H-pyrrole nitrogens is 1. The van der Waals surface area contributed by atoms with E-state index in [2.05, 4.69) is 15.2 Å². The lowest BCUT2D eigenvalue weighted by molar-refractivity contribution is -0.127. The standard InChI is InChI=1S/C19H20N4O2S/c1-2-23(12-6-10-15-8-4-3-5-9-15)17(24)14-26-19-20-18(21-22-19)16-11-7-13-25-16/h3-11,13H,2,12,14H2,1H3,(H,20,21,22)/b10-6+. The van der Waals surface area contributed by atoms with E-state index < -0.39 is 0 Å². The number of aromatic nitrogens is 3. The number of benzene rings is 1. The summed E-state index contributed by atoms with van der Waals surface area (Å²) in [6.07, 6.45) is 5.60. The second-order valence-electron chi connectivity index (χ2n) is 5.48. The Balaban J connectivity index is 1.50. The van der Waals surface area contributed by atoms with Crippen LogP contribution in [0.3, 0.4) is 0 Å². The van der Waals surface area contributed by atoms with Gasteiger partial charge in [-0.2, -0.15) is 4.98 Å². The molecule has 1 amide bonds. The average molecular weight is 368 g/mol. The lowest BCUT2D eigenvalue weighted by Gasteiger charge is -2.18. The first-order valence-corrected chi connectivity index (χ1v) is 9.33. The summed E-state index contributed by atoms with van der Waals surface area (Å²) in [7, 11) is 0. The second kappa shape index (κ2) is 9.05. The van der Waals surface area contributed by atoms with E-state index in [1.54, 1.807) is 23.3 Å². The molecule has 0 saturated carbocycles. The molecule has 0 fully saturated rings. The lowest BCUT2D eigenvalue weighted by atomic mass is 10.2. The molecule has 0 atom stereocenters. The van der Waals surface area contributed by atoms with Crippen molar-refractivity contribution in [2.45, 2.75) is 12.1 Å². The maximum absolute atomic E-state index is 12.4. The Morgan fingerprint density at radius 3 is 2.85 bits per heavy atom. The maximum Gasteiger partial charge on any atom is 0.233 e. The summed E-state index contributed by atoms with van der Waals surface area (Å²) in [6, 6.07) is 13.6. The molecule has 0 saturated heterocycles. The molecule has 0 aliphatic rings. The minimum absolute atomic E-state index is 0.0551. The molecular weight excluding hydrogens is 348 g/mol. The molecule has 6 nitrogen and oxygen atoms in total. The van der Waals surface area contributed by atoms with Gasteiger partial charge in [0.1, 0.15) is 0 Å². The fraction of sp³-hybridized carbons (Fsp3) is 0.211. The van der Waals surface area contributed by atoms with Gasteiger partial charge in [0.15, 0.2) is 11.6 Å². The third-order valence-corrected chi connectivity index (χ3v) is 4.55. The van der Waals surface area contributed by atoms with Crippen LogP contribution in [0.25, 0.3) is 17.7 Å². The molecular formula is C19H20N4O2S. The van der Waals surface area contributed by atoms with E-state index in [-0.39, 0.29) is 5.91 Å². The topological polar surface area (TPSA) is 75.0 Å². The molecule has 0 bridgehead atoms. The average Bonchev–Trinajstić information content (AvgIpc) is 3.35. The number of hydrogen-bond acceptors (Lipinski definition) is 5. The van der Waals surface area contributed by atoms with Crippen LogP contribution in [0.1, 0.15) is 12.5 Å². The van der Waals surface area contributed by atoms with E-state index in [0.717, 1.165) is 5.56 Å². The van der Waals surface area contributed by atoms with E-state index in [4.69, 9.17) is 4.42 Å². The smallest absolute Gasteiger partial charge is 0.233 e. The molecule has 3 rings (SSSR count). The van der Waals surface area contributed by atoms with E-state index in [1.165, 1.54) is 11.8 Å². The number of carbonyl (C=O) groups excluding carboxylic acids is 1. The number of furan rings is 1. The summed E-state index contributed by atoms with van der Waals surface area (Å²) >= 11 is 1.31. The van der Waals surface area contributed by atoms with Gasteiger partial charge < -0.3 is 9.32 Å². The fourth-order valence-electron chi connectivity index (χ4n) is 2.34. The molecule has 0 unspecified atom stereocenters. The zero-order chi connectivity index (χ0) is 18.2. The highest BCUT2D eigenvalue weighted by molar-refractivity contribution is 7.99. The highest BCUT2D eigenvalue weighted by Gasteiger charge is 2.13. The molecule has 0 radical (unpaired) electrons. The number of amides is 1. The Labute approximate surface area is 156 Å². The van der Waals surface area contributed by atoms with Crippen molar-refractivity contribution in [3.63, 3.8) is 0 Å². The highest BCUT2D eigenvalue weighted by Crippen LogP contribution is 2.19. The predicted molar refractivity (Wildman–Crippen MR) is 103 cm³/mol. The molecule has 3 aromatic rings. The van der Waals surface area contributed by atoms with Crippen molar-refractivity contribution in [3.05, 3.63) is 60.4 Å². The quantitative estimate of drug-likeness (QED) is 0.613. The summed E-state index contributed by atoms with van der Waals surface area (Å²) in [5.74, 6) is 1.53. The van der Waals surface area contributed by atoms with Crippen LogP contribution >= 0.6 is 11.8 Å². The van der Waals surface area contributed by atoms with Crippen LogP contribution in [-0.2, 0) is 4.79 Å². The Morgan fingerprint density at radius 1 is 1.27 bits per heavy atom. The van der Waals surface area contributed by atoms with Crippen LogP contribution in [0.2, 0.25) is 0 Å². The third kappa shape index (κ3) is 4.86. The van der Waals surface area contributed by atoms with Crippen LogP contribution < -0.4 is 0 Å². The number of likely N-dealkylation sites (N-methyl/N-ethyl adjacent to an activating group) is 1. The first-order valence-electron chi connectivity index (χ1n) is 8.34. The molecule has 2 aromatic heterocycles. The van der Waals surface area contributed by atoms with Crippen molar-refractivity contribution in [2.24, 2.45) is 0 Å². The van der Waals surface area contributed by atoms with Gasteiger partial charge in [-0.3, -0.25) is 9.89 Å². The first-order chi connectivity index (χ1) is 12.8. The molecule has 1 aromatic carbocycles. The van der Waals surface area contributed by atoms with Gasteiger partial charge >= 0.3 is 0 Å². The van der Waals surface area contributed by atoms with Gasteiger partial charge in [0.25, 0.3) is 0 Å². The molecule has 7 heteroatoms. The van der Waals surface area contributed by atoms with Crippen molar-refractivity contribution in [2.75, 3.05) is 18.8 Å². The van der Waals surface area contributed by atoms with Gasteiger partial charge in [-0.05, 0) is 24.6 Å². The molecule has 0 aliphatic carbocycles. The predicted octanol–water partition coefficient (Wildman–Crippen LogP) is 3.72. The SMILES string of the molecule is CCN(C/C=C/c1ccccc1)C(=O)CSc1n[nH]c(-c2ccco2)n1. The Morgan fingerprint density at radius 2 is 2.12 bits per heavy atom. The molecule has 0 aliphatic heterocycles. The second-order valence-corrected chi connectivity index (χ2v) is 6.42. The van der Waals surface area contributed by atoms with E-state index in [9.17, 15) is 4.79 Å². The zero-order valence-corrected chi connectivity index (χ0v) is 15.3. The van der Waals surface area contributed by atoms with Gasteiger partial charge in [0.05, 0.1) is 12.0 Å². The van der Waals surface area contributed by atoms with Crippen molar-refractivity contribution < 1.29 is 9.21 Å². The van der Waals surface area contributed by atoms with Crippen molar-refractivity contribution in [1.82, 2.24) is 20.1 Å². The van der Waals surface area contributed by atoms with Gasteiger partial charge in [-0.1, -0.05) is 54.2 Å². The first kappa shape index (κ1) is 18.0. The fourth-order valence-corrected chi connectivity index (χ4v) is 3.04. The molecule has 2 heterocycles. The van der Waals surface area contributed by atoms with Crippen molar-refractivity contribution in [3.8, 4) is 11.6 Å². The van der Waals surface area contributed by atoms with Gasteiger partial charge in [-0.25, -0.2) is 0 Å². The van der Waals surface area contributed by atoms with Crippen molar-refractivity contribution >= 4 is 23.7 Å². The van der Waals surface area contributed by atoms with Gasteiger partial charge in [-0.15, -0.1) is 5.10 Å². The summed E-state index contributed by atoms with van der Waals surface area (Å²) in [6.45, 7) is 3.21. The van der Waals surface area contributed by atoms with Crippen LogP contribution in [0.4, 0.5) is 0 Å². The lowest BCUT2D eigenvalue weighted by Crippen LogP contribution is -2.32. The van der Waals surface area contributed by atoms with Gasteiger partial charge in [0.2, 0.25) is 11.1 Å². The summed E-state index contributed by atoms with van der Waals surface area (Å²) in [5.41, 5.74) is 1.12. The number of nitrogens with one attached hydrogen (secondary N) is 1. The van der Waals surface area contributed by atoms with Crippen LogP contribution in [-0.4, -0.2) is 44.8 Å². The van der Waals surface area contributed by atoms with E-state index in [1.807, 2.05) is 49.4 Å². The number of thioether (sulfide) groups is 1. The zero-order valence-electron chi connectivity index (χ0n) is 14.5. The summed E-state index contributed by atoms with van der Waals surface area (Å²) in [4.78, 5) is 18.5. The van der Waals surface area contributed by atoms with Crippen LogP contribution in [0.5, 0.6) is 0 Å². The number of carbonyl (C=O) groups is 1. The van der Waals surface area contributed by atoms with E-state index >= 15 is 0 Å². The molecule has 134 valence electrons. The number of rotatable bonds is 8. The third-order valence-electron chi connectivity index (χ3n) is 3.71. The largest absolute Gasteiger partial charge is 0.461 e. The van der Waals surface area contributed by atoms with E-state index in [0.29, 0.717) is 35.6 Å². The molecule has 0 spiro atoms. The highest BCUT2D eigenvalue weighted by atomic mass is 32.2. The normalized spacial score (nSPS) is 11.1. The van der Waals surface area contributed by atoms with Crippen molar-refractivity contribution in [1.29, 1.82) is 0 Å². The Hall–Kier alpha value is -2.80. The minimum atomic E-state index is 0.0551. The number of nitrogens with zero attached hydrogens (tertiary/aromatic N) is 3. The van der Waals surface area contributed by atoms with Crippen LogP contribution in [0.15, 0.2) is 64.4 Å². The Kier molecular flexibility index (Phi) is 6.27. The number of hydrogen-bond donors (Lipinski definition) is 1.